The number of carbonyl (C=O) groups excluding carboxylic acids is 1. The maximum Gasteiger partial charge on any atom is 0.337 e. The van der Waals surface area contributed by atoms with Gasteiger partial charge in [-0.25, -0.2) is 4.79 Å². The van der Waals surface area contributed by atoms with E-state index in [1.165, 1.54) is 6.07 Å². The van der Waals surface area contributed by atoms with Gasteiger partial charge in [-0.15, -0.1) is 0 Å². The predicted octanol–water partition coefficient (Wildman–Crippen LogP) is 2.96. The number of nitrogens with one attached hydrogen (secondary N) is 1. The monoisotopic (exact) mass is 299 g/mol. The predicted molar refractivity (Wildman–Crippen MR) is 83.3 cm³/mol. The van der Waals surface area contributed by atoms with Crippen molar-refractivity contribution in [3.63, 3.8) is 0 Å². The van der Waals surface area contributed by atoms with E-state index in [4.69, 9.17) is 9.84 Å². The molecular weight excluding hydrogens is 282 g/mol. The van der Waals surface area contributed by atoms with Crippen molar-refractivity contribution in [2.24, 2.45) is 0 Å². The fourth-order valence-electron chi connectivity index (χ4n) is 2.04. The first-order valence-corrected chi connectivity index (χ1v) is 6.94. The molecule has 0 fully saturated rings. The van der Waals surface area contributed by atoms with Gasteiger partial charge in [0.05, 0.1) is 11.3 Å². The molecule has 0 spiro atoms. The minimum atomic E-state index is -1.09. The van der Waals surface area contributed by atoms with Crippen LogP contribution in [-0.4, -0.2) is 23.6 Å². The van der Waals surface area contributed by atoms with Gasteiger partial charge in [0.25, 0.3) is 5.91 Å². The molecule has 0 atom stereocenters. The van der Waals surface area contributed by atoms with Crippen LogP contribution in [-0.2, 0) is 11.2 Å². The molecule has 0 saturated heterocycles. The molecule has 0 saturated carbocycles. The van der Waals surface area contributed by atoms with Crippen LogP contribution < -0.4 is 10.1 Å². The topological polar surface area (TPSA) is 75.6 Å². The van der Waals surface area contributed by atoms with Crippen molar-refractivity contribution in [3.8, 4) is 5.75 Å². The van der Waals surface area contributed by atoms with E-state index in [0.717, 1.165) is 12.0 Å². The summed E-state index contributed by atoms with van der Waals surface area (Å²) in [7, 11) is 0. The van der Waals surface area contributed by atoms with E-state index >= 15 is 0 Å². The molecule has 5 heteroatoms. The van der Waals surface area contributed by atoms with Crippen LogP contribution in [0, 0.1) is 0 Å². The summed E-state index contributed by atoms with van der Waals surface area (Å²) in [6.45, 7) is 1.83. The quantitative estimate of drug-likeness (QED) is 0.860. The van der Waals surface area contributed by atoms with Crippen molar-refractivity contribution >= 4 is 17.6 Å². The van der Waals surface area contributed by atoms with Crippen LogP contribution in [0.5, 0.6) is 5.75 Å². The molecule has 0 heterocycles. The van der Waals surface area contributed by atoms with Gasteiger partial charge in [0.15, 0.2) is 6.61 Å². The number of para-hydroxylation sites is 2. The number of amides is 1. The molecule has 1 amide bonds. The molecule has 0 bridgehead atoms. The lowest BCUT2D eigenvalue weighted by molar-refractivity contribution is -0.118. The Bertz CT molecular complexity index is 682. The molecule has 0 aliphatic carbocycles. The van der Waals surface area contributed by atoms with Crippen molar-refractivity contribution in [3.05, 3.63) is 59.7 Å². The number of hydrogen-bond donors (Lipinski definition) is 2. The lowest BCUT2D eigenvalue weighted by Crippen LogP contribution is -2.21. The highest BCUT2D eigenvalue weighted by atomic mass is 16.5. The van der Waals surface area contributed by atoms with E-state index in [1.54, 1.807) is 24.3 Å². The highest BCUT2D eigenvalue weighted by molar-refractivity contribution is 6.00. The smallest absolute Gasteiger partial charge is 0.337 e. The summed E-state index contributed by atoms with van der Waals surface area (Å²) in [6.07, 6.45) is 0.805. The first-order valence-electron chi connectivity index (χ1n) is 6.94. The fraction of sp³-hybridized carbons (Fsp3) is 0.176. The van der Waals surface area contributed by atoms with Gasteiger partial charge >= 0.3 is 5.97 Å². The Kier molecular flexibility index (Phi) is 5.14. The van der Waals surface area contributed by atoms with Crippen molar-refractivity contribution in [1.29, 1.82) is 0 Å². The van der Waals surface area contributed by atoms with Gasteiger partial charge in [0.2, 0.25) is 0 Å². The number of ether oxygens (including phenoxy) is 1. The Morgan fingerprint density at radius 2 is 1.77 bits per heavy atom. The minimum absolute atomic E-state index is 0.0461. The van der Waals surface area contributed by atoms with Crippen molar-refractivity contribution in [1.82, 2.24) is 0 Å². The van der Waals surface area contributed by atoms with Crippen LogP contribution in [0.15, 0.2) is 48.5 Å². The zero-order valence-electron chi connectivity index (χ0n) is 12.2. The molecule has 0 aromatic heterocycles. The number of hydrogen-bond acceptors (Lipinski definition) is 3. The van der Waals surface area contributed by atoms with E-state index in [9.17, 15) is 9.59 Å². The van der Waals surface area contributed by atoms with Crippen LogP contribution in [0.4, 0.5) is 5.69 Å². The third kappa shape index (κ3) is 3.85. The number of aromatic carboxylic acids is 1. The van der Waals surface area contributed by atoms with E-state index in [2.05, 4.69) is 5.32 Å². The molecule has 0 unspecified atom stereocenters. The largest absolute Gasteiger partial charge is 0.483 e. The van der Waals surface area contributed by atoms with E-state index < -0.39 is 11.9 Å². The van der Waals surface area contributed by atoms with Gasteiger partial charge in [0, 0.05) is 0 Å². The van der Waals surface area contributed by atoms with Crippen LogP contribution in [0.25, 0.3) is 0 Å². The molecule has 114 valence electrons. The Morgan fingerprint density at radius 3 is 2.50 bits per heavy atom. The molecule has 2 aromatic carbocycles. The normalized spacial score (nSPS) is 10.0. The molecule has 0 aliphatic heterocycles. The summed E-state index contributed by atoms with van der Waals surface area (Å²) in [5, 5.41) is 11.6. The van der Waals surface area contributed by atoms with Gasteiger partial charge in [-0.1, -0.05) is 37.3 Å². The zero-order valence-corrected chi connectivity index (χ0v) is 12.2. The first kappa shape index (κ1) is 15.6. The van der Waals surface area contributed by atoms with Crippen LogP contribution >= 0.6 is 0 Å². The van der Waals surface area contributed by atoms with Crippen molar-refractivity contribution in [2.45, 2.75) is 13.3 Å². The third-order valence-electron chi connectivity index (χ3n) is 3.14. The van der Waals surface area contributed by atoms with Crippen molar-refractivity contribution < 1.29 is 19.4 Å². The third-order valence-corrected chi connectivity index (χ3v) is 3.14. The molecule has 0 aliphatic rings. The SMILES string of the molecule is CCc1ccccc1OCC(=O)Nc1ccccc1C(=O)O. The number of carboxylic acids is 1. The van der Waals surface area contributed by atoms with E-state index in [0.29, 0.717) is 5.75 Å². The number of rotatable bonds is 6. The summed E-state index contributed by atoms with van der Waals surface area (Å²) in [4.78, 5) is 23.0. The summed E-state index contributed by atoms with van der Waals surface area (Å²) < 4.78 is 5.50. The number of aryl methyl sites for hydroxylation is 1. The van der Waals surface area contributed by atoms with Crippen molar-refractivity contribution in [2.75, 3.05) is 11.9 Å². The number of carboxylic acid groups (broad SMARTS) is 1. The van der Waals surface area contributed by atoms with Gasteiger partial charge in [-0.3, -0.25) is 4.79 Å². The number of anilines is 1. The van der Waals surface area contributed by atoms with Gasteiger partial charge in [-0.2, -0.15) is 0 Å². The second-order valence-corrected chi connectivity index (χ2v) is 4.65. The van der Waals surface area contributed by atoms with E-state index in [-0.39, 0.29) is 17.9 Å². The number of benzene rings is 2. The number of carbonyl (C=O) groups is 2. The fourth-order valence-corrected chi connectivity index (χ4v) is 2.04. The molecular formula is C17H17NO4. The maximum absolute atomic E-state index is 11.9. The Hall–Kier alpha value is -2.82. The summed E-state index contributed by atoms with van der Waals surface area (Å²) in [5.41, 5.74) is 1.32. The first-order chi connectivity index (χ1) is 10.6. The summed E-state index contributed by atoms with van der Waals surface area (Å²) >= 11 is 0. The maximum atomic E-state index is 11.9. The Morgan fingerprint density at radius 1 is 1.09 bits per heavy atom. The van der Waals surface area contributed by atoms with Crippen LogP contribution in [0.1, 0.15) is 22.8 Å². The Labute approximate surface area is 128 Å². The molecule has 0 radical (unpaired) electrons. The van der Waals surface area contributed by atoms with Gasteiger partial charge in [0.1, 0.15) is 5.75 Å². The molecule has 2 aromatic rings. The summed E-state index contributed by atoms with van der Waals surface area (Å²) in [6, 6.07) is 13.7. The average molecular weight is 299 g/mol. The summed E-state index contributed by atoms with van der Waals surface area (Å²) in [5.74, 6) is -0.834. The van der Waals surface area contributed by atoms with Crippen LogP contribution in [0.3, 0.4) is 0 Å². The van der Waals surface area contributed by atoms with Gasteiger partial charge < -0.3 is 15.2 Å². The molecule has 2 rings (SSSR count). The lowest BCUT2D eigenvalue weighted by atomic mass is 10.1. The zero-order chi connectivity index (χ0) is 15.9. The average Bonchev–Trinajstić information content (AvgIpc) is 2.53. The van der Waals surface area contributed by atoms with Gasteiger partial charge in [-0.05, 0) is 30.2 Å². The second kappa shape index (κ2) is 7.26. The standard InChI is InChI=1S/C17H17NO4/c1-2-12-7-3-6-10-15(12)22-11-16(19)18-14-9-5-4-8-13(14)17(20)21/h3-10H,2,11H2,1H3,(H,18,19)(H,20,21). The molecule has 5 nitrogen and oxygen atoms in total. The van der Waals surface area contributed by atoms with Crippen LogP contribution in [0.2, 0.25) is 0 Å². The molecule has 2 N–H and O–H groups in total. The van der Waals surface area contributed by atoms with E-state index in [1.807, 2.05) is 25.1 Å². The molecule has 22 heavy (non-hydrogen) atoms. The highest BCUT2D eigenvalue weighted by Gasteiger charge is 2.12. The Balaban J connectivity index is 2.01. The lowest BCUT2D eigenvalue weighted by Gasteiger charge is -2.11. The highest BCUT2D eigenvalue weighted by Crippen LogP contribution is 2.19. The second-order valence-electron chi connectivity index (χ2n) is 4.65. The minimum Gasteiger partial charge on any atom is -0.483 e.